The van der Waals surface area contributed by atoms with Crippen molar-refractivity contribution in [1.29, 1.82) is 0 Å². The third-order valence-electron chi connectivity index (χ3n) is 3.50. The number of amides is 2. The highest BCUT2D eigenvalue weighted by Gasteiger charge is 2.28. The topological polar surface area (TPSA) is 61.8 Å². The minimum atomic E-state index is -0.347. The van der Waals surface area contributed by atoms with Gasteiger partial charge in [0.05, 0.1) is 12.6 Å². The molecular formula is C17H14ClN3O2. The average molecular weight is 328 g/mol. The standard InChI is InChI=1S/C17H14ClN3O2/c18-14-7-5-12(6-8-14)10-19-20-16(22)11-21-15-4-2-1-3-13(15)9-17(21)23/h1-8,10H,9,11H2,(H,20,22)/b19-10+. The van der Waals surface area contributed by atoms with Gasteiger partial charge in [0.1, 0.15) is 6.54 Å². The first-order valence-corrected chi connectivity index (χ1v) is 7.47. The monoisotopic (exact) mass is 327 g/mol. The summed E-state index contributed by atoms with van der Waals surface area (Å²) in [6.07, 6.45) is 1.85. The smallest absolute Gasteiger partial charge is 0.260 e. The molecule has 0 unspecified atom stereocenters. The highest BCUT2D eigenvalue weighted by molar-refractivity contribution is 6.30. The number of hydrazone groups is 1. The first-order valence-electron chi connectivity index (χ1n) is 7.09. The number of benzene rings is 2. The highest BCUT2D eigenvalue weighted by Crippen LogP contribution is 2.27. The van der Waals surface area contributed by atoms with Crippen molar-refractivity contribution in [2.75, 3.05) is 11.4 Å². The van der Waals surface area contributed by atoms with Crippen LogP contribution in [0.5, 0.6) is 0 Å². The second-order valence-corrected chi connectivity index (χ2v) is 5.57. The molecular weight excluding hydrogens is 314 g/mol. The summed E-state index contributed by atoms with van der Waals surface area (Å²) in [5, 5.41) is 4.53. The zero-order valence-electron chi connectivity index (χ0n) is 12.2. The normalized spacial score (nSPS) is 13.4. The number of nitrogens with one attached hydrogen (secondary N) is 1. The Morgan fingerprint density at radius 2 is 1.96 bits per heavy atom. The lowest BCUT2D eigenvalue weighted by Gasteiger charge is -2.15. The summed E-state index contributed by atoms with van der Waals surface area (Å²) in [5.74, 6) is -0.428. The molecule has 2 aromatic rings. The lowest BCUT2D eigenvalue weighted by molar-refractivity contribution is -0.123. The minimum Gasteiger partial charge on any atom is -0.302 e. The Hall–Kier alpha value is -2.66. The molecule has 0 saturated carbocycles. The van der Waals surface area contributed by atoms with E-state index in [0.29, 0.717) is 11.4 Å². The number of hydrogen-bond acceptors (Lipinski definition) is 3. The van der Waals surface area contributed by atoms with Crippen LogP contribution in [0.25, 0.3) is 0 Å². The van der Waals surface area contributed by atoms with Crippen molar-refractivity contribution in [3.63, 3.8) is 0 Å². The number of halogens is 1. The van der Waals surface area contributed by atoms with E-state index in [2.05, 4.69) is 10.5 Å². The first kappa shape index (κ1) is 15.2. The van der Waals surface area contributed by atoms with Gasteiger partial charge in [-0.05, 0) is 29.3 Å². The van der Waals surface area contributed by atoms with E-state index in [1.807, 2.05) is 24.3 Å². The fourth-order valence-corrected chi connectivity index (χ4v) is 2.52. The molecule has 0 aliphatic carbocycles. The Morgan fingerprint density at radius 3 is 2.74 bits per heavy atom. The highest BCUT2D eigenvalue weighted by atomic mass is 35.5. The van der Waals surface area contributed by atoms with Crippen LogP contribution in [0.1, 0.15) is 11.1 Å². The van der Waals surface area contributed by atoms with Crippen molar-refractivity contribution in [1.82, 2.24) is 5.43 Å². The maximum atomic E-state index is 12.0. The fraction of sp³-hybridized carbons (Fsp3) is 0.118. The van der Waals surface area contributed by atoms with Crippen LogP contribution in [0.2, 0.25) is 5.02 Å². The van der Waals surface area contributed by atoms with Crippen molar-refractivity contribution in [3.8, 4) is 0 Å². The molecule has 1 aliphatic rings. The van der Waals surface area contributed by atoms with Gasteiger partial charge in [-0.3, -0.25) is 9.59 Å². The molecule has 2 aromatic carbocycles. The molecule has 0 spiro atoms. The minimum absolute atomic E-state index is 0.0478. The third-order valence-corrected chi connectivity index (χ3v) is 3.75. The second-order valence-electron chi connectivity index (χ2n) is 5.13. The molecule has 2 amide bonds. The predicted molar refractivity (Wildman–Crippen MR) is 89.7 cm³/mol. The number of nitrogens with zero attached hydrogens (tertiary/aromatic N) is 2. The van der Waals surface area contributed by atoms with Gasteiger partial charge < -0.3 is 4.90 Å². The average Bonchev–Trinajstić information content (AvgIpc) is 2.85. The Balaban J connectivity index is 1.59. The molecule has 1 aliphatic heterocycles. The van der Waals surface area contributed by atoms with Crippen molar-refractivity contribution in [3.05, 3.63) is 64.7 Å². The van der Waals surface area contributed by atoms with Gasteiger partial charge in [0.2, 0.25) is 5.91 Å². The quantitative estimate of drug-likeness (QED) is 0.692. The number of fused-ring (bicyclic) bond motifs is 1. The number of hydrogen-bond donors (Lipinski definition) is 1. The second kappa shape index (κ2) is 6.62. The van der Waals surface area contributed by atoms with E-state index in [0.717, 1.165) is 16.8 Å². The molecule has 3 rings (SSSR count). The van der Waals surface area contributed by atoms with Gasteiger partial charge >= 0.3 is 0 Å². The Morgan fingerprint density at radius 1 is 1.22 bits per heavy atom. The number of rotatable bonds is 4. The molecule has 0 atom stereocenters. The van der Waals surface area contributed by atoms with Crippen LogP contribution in [-0.4, -0.2) is 24.6 Å². The summed E-state index contributed by atoms with van der Waals surface area (Å²) in [5.41, 5.74) is 4.97. The Bertz CT molecular complexity index is 772. The van der Waals surface area contributed by atoms with Crippen LogP contribution in [-0.2, 0) is 16.0 Å². The lowest BCUT2D eigenvalue weighted by Crippen LogP contribution is -2.37. The SMILES string of the molecule is O=C(CN1C(=O)Cc2ccccc21)N/N=C/c1ccc(Cl)cc1. The molecule has 116 valence electrons. The van der Waals surface area contributed by atoms with Crippen LogP contribution >= 0.6 is 11.6 Å². The summed E-state index contributed by atoms with van der Waals surface area (Å²) in [6.45, 7) is -0.0478. The molecule has 0 aromatic heterocycles. The van der Waals surface area contributed by atoms with Crippen LogP contribution in [0.3, 0.4) is 0 Å². The molecule has 0 radical (unpaired) electrons. The van der Waals surface area contributed by atoms with Crippen molar-refractivity contribution in [2.24, 2.45) is 5.10 Å². The fourth-order valence-electron chi connectivity index (χ4n) is 2.40. The molecule has 23 heavy (non-hydrogen) atoms. The number of carbonyl (C=O) groups is 2. The van der Waals surface area contributed by atoms with E-state index in [1.165, 1.54) is 11.1 Å². The van der Waals surface area contributed by atoms with Crippen LogP contribution < -0.4 is 10.3 Å². The molecule has 0 bridgehead atoms. The zero-order chi connectivity index (χ0) is 16.2. The largest absolute Gasteiger partial charge is 0.302 e. The summed E-state index contributed by atoms with van der Waals surface area (Å²) >= 11 is 5.79. The van der Waals surface area contributed by atoms with Crippen LogP contribution in [0.4, 0.5) is 5.69 Å². The maximum absolute atomic E-state index is 12.0. The van der Waals surface area contributed by atoms with E-state index < -0.39 is 0 Å². The molecule has 5 nitrogen and oxygen atoms in total. The summed E-state index contributed by atoms with van der Waals surface area (Å²) in [4.78, 5) is 25.4. The molecule has 0 saturated heterocycles. The Kier molecular flexibility index (Phi) is 4.39. The van der Waals surface area contributed by atoms with Crippen LogP contribution in [0, 0.1) is 0 Å². The summed E-state index contributed by atoms with van der Waals surface area (Å²) in [6, 6.07) is 14.5. The lowest BCUT2D eigenvalue weighted by atomic mass is 10.2. The number of carbonyl (C=O) groups excluding carboxylic acids is 2. The predicted octanol–water partition coefficient (Wildman–Crippen LogP) is 2.38. The van der Waals surface area contributed by atoms with Crippen molar-refractivity contribution in [2.45, 2.75) is 6.42 Å². The van der Waals surface area contributed by atoms with Gasteiger partial charge in [-0.2, -0.15) is 5.10 Å². The van der Waals surface area contributed by atoms with E-state index in [4.69, 9.17) is 11.6 Å². The maximum Gasteiger partial charge on any atom is 0.260 e. The van der Waals surface area contributed by atoms with Gasteiger partial charge in [-0.1, -0.05) is 41.9 Å². The van der Waals surface area contributed by atoms with Gasteiger partial charge in [0.15, 0.2) is 0 Å². The first-order chi connectivity index (χ1) is 11.1. The Labute approximate surface area is 138 Å². The number of para-hydroxylation sites is 1. The van der Waals surface area contributed by atoms with Gasteiger partial charge in [-0.15, -0.1) is 0 Å². The van der Waals surface area contributed by atoms with E-state index in [-0.39, 0.29) is 18.4 Å². The summed E-state index contributed by atoms with van der Waals surface area (Å²) < 4.78 is 0. The summed E-state index contributed by atoms with van der Waals surface area (Å²) in [7, 11) is 0. The van der Waals surface area contributed by atoms with Gasteiger partial charge in [-0.25, -0.2) is 5.43 Å². The molecule has 1 heterocycles. The van der Waals surface area contributed by atoms with Gasteiger partial charge in [0, 0.05) is 10.7 Å². The van der Waals surface area contributed by atoms with E-state index in [9.17, 15) is 9.59 Å². The zero-order valence-corrected chi connectivity index (χ0v) is 13.0. The van der Waals surface area contributed by atoms with Crippen molar-refractivity contribution < 1.29 is 9.59 Å². The molecule has 1 N–H and O–H groups in total. The van der Waals surface area contributed by atoms with Crippen LogP contribution in [0.15, 0.2) is 53.6 Å². The van der Waals surface area contributed by atoms with Crippen molar-refractivity contribution >= 4 is 35.3 Å². The third kappa shape index (κ3) is 3.57. The molecule has 6 heteroatoms. The van der Waals surface area contributed by atoms with Gasteiger partial charge in [0.25, 0.3) is 5.91 Å². The number of anilines is 1. The van der Waals surface area contributed by atoms with E-state index in [1.54, 1.807) is 24.3 Å². The van der Waals surface area contributed by atoms with E-state index >= 15 is 0 Å². The molecule has 0 fully saturated rings.